The molecule has 0 bridgehead atoms. The van der Waals surface area contributed by atoms with E-state index in [9.17, 15) is 14.0 Å². The van der Waals surface area contributed by atoms with E-state index in [0.29, 0.717) is 24.1 Å². The Labute approximate surface area is 118 Å². The van der Waals surface area contributed by atoms with Gasteiger partial charge in [-0.1, -0.05) is 13.8 Å². The molecule has 1 aliphatic heterocycles. The van der Waals surface area contributed by atoms with Gasteiger partial charge in [-0.25, -0.2) is 4.39 Å². The van der Waals surface area contributed by atoms with Crippen LogP contribution in [0.2, 0.25) is 0 Å². The van der Waals surface area contributed by atoms with Crippen LogP contribution >= 0.6 is 0 Å². The highest BCUT2D eigenvalue weighted by Crippen LogP contribution is 2.27. The largest absolute Gasteiger partial charge is 0.340 e. The third-order valence-electron chi connectivity index (χ3n) is 4.00. The number of rotatable bonds is 3. The van der Waals surface area contributed by atoms with Gasteiger partial charge in [-0.3, -0.25) is 9.59 Å². The van der Waals surface area contributed by atoms with Crippen molar-refractivity contribution >= 4 is 17.5 Å². The van der Waals surface area contributed by atoms with Gasteiger partial charge in [-0.2, -0.15) is 0 Å². The predicted octanol–water partition coefficient (Wildman–Crippen LogP) is 2.16. The molecule has 2 rings (SSSR count). The number of hydrogen-bond acceptors (Lipinski definition) is 2. The Morgan fingerprint density at radius 3 is 2.50 bits per heavy atom. The molecule has 20 heavy (non-hydrogen) atoms. The third kappa shape index (κ3) is 2.28. The molecule has 108 valence electrons. The molecule has 4 nitrogen and oxygen atoms in total. The molecule has 1 fully saturated rings. The van der Waals surface area contributed by atoms with Crippen molar-refractivity contribution in [3.63, 3.8) is 0 Å². The van der Waals surface area contributed by atoms with Crippen molar-refractivity contribution in [2.24, 2.45) is 0 Å². The van der Waals surface area contributed by atoms with Crippen LogP contribution in [0.25, 0.3) is 0 Å². The number of carbonyl (C=O) groups excluding carboxylic acids is 2. The quantitative estimate of drug-likeness (QED) is 0.921. The molecule has 0 saturated carbocycles. The van der Waals surface area contributed by atoms with Crippen LogP contribution in [0.3, 0.4) is 0 Å². The van der Waals surface area contributed by atoms with Crippen molar-refractivity contribution in [2.75, 3.05) is 11.4 Å². The fourth-order valence-electron chi connectivity index (χ4n) is 2.57. The van der Waals surface area contributed by atoms with Crippen molar-refractivity contribution in [3.05, 3.63) is 29.6 Å². The molecule has 1 N–H and O–H groups in total. The molecule has 1 saturated heterocycles. The Hall–Kier alpha value is -1.91. The van der Waals surface area contributed by atoms with Crippen LogP contribution in [0.5, 0.6) is 0 Å². The van der Waals surface area contributed by atoms with Gasteiger partial charge in [0.1, 0.15) is 17.9 Å². The second kappa shape index (κ2) is 5.23. The van der Waals surface area contributed by atoms with E-state index in [1.54, 1.807) is 13.0 Å². The zero-order valence-corrected chi connectivity index (χ0v) is 12.0. The molecular formula is C15H19FN2O2. The number of carbonyl (C=O) groups is 2. The normalized spacial score (nSPS) is 18.1. The average molecular weight is 278 g/mol. The van der Waals surface area contributed by atoms with E-state index in [0.717, 1.165) is 0 Å². The molecule has 0 unspecified atom stereocenters. The average Bonchev–Trinajstić information content (AvgIpc) is 2.44. The molecule has 2 amide bonds. The summed E-state index contributed by atoms with van der Waals surface area (Å²) >= 11 is 0. The first kappa shape index (κ1) is 14.5. The summed E-state index contributed by atoms with van der Waals surface area (Å²) in [7, 11) is 0. The zero-order valence-electron chi connectivity index (χ0n) is 12.0. The summed E-state index contributed by atoms with van der Waals surface area (Å²) in [6, 6.07) is 4.46. The van der Waals surface area contributed by atoms with Crippen LogP contribution in [0.15, 0.2) is 18.2 Å². The lowest BCUT2D eigenvalue weighted by atomic mass is 9.88. The first-order chi connectivity index (χ1) is 9.43. The number of nitrogens with one attached hydrogen (secondary N) is 1. The van der Waals surface area contributed by atoms with Gasteiger partial charge in [0.25, 0.3) is 5.91 Å². The smallest absolute Gasteiger partial charge is 0.253 e. The number of benzene rings is 1. The number of halogens is 1. The maximum absolute atomic E-state index is 13.3. The van der Waals surface area contributed by atoms with Crippen molar-refractivity contribution in [3.8, 4) is 0 Å². The molecule has 0 spiro atoms. The van der Waals surface area contributed by atoms with E-state index in [-0.39, 0.29) is 24.2 Å². The lowest BCUT2D eigenvalue weighted by molar-refractivity contribution is -0.136. The lowest BCUT2D eigenvalue weighted by Gasteiger charge is -2.41. The summed E-state index contributed by atoms with van der Waals surface area (Å²) in [5.41, 5.74) is 0.173. The van der Waals surface area contributed by atoms with Gasteiger partial charge in [-0.15, -0.1) is 0 Å². The highest BCUT2D eigenvalue weighted by molar-refractivity contribution is 6.09. The highest BCUT2D eigenvalue weighted by Gasteiger charge is 2.44. The number of hydrogen-bond donors (Lipinski definition) is 1. The minimum Gasteiger partial charge on any atom is -0.340 e. The van der Waals surface area contributed by atoms with Crippen LogP contribution in [0.1, 0.15) is 32.3 Å². The Morgan fingerprint density at radius 1 is 1.30 bits per heavy atom. The molecule has 0 aliphatic carbocycles. The standard InChI is InChI=1S/C15H19FN2O2/c1-4-15(5-2)14(20)18(9-13(19)17-15)11-6-7-12(16)10(3)8-11/h6-8H,4-5,9H2,1-3H3,(H,17,19). The summed E-state index contributed by atoms with van der Waals surface area (Å²) in [5.74, 6) is -0.636. The van der Waals surface area contributed by atoms with Gasteiger partial charge in [0.2, 0.25) is 5.91 Å². The van der Waals surface area contributed by atoms with Gasteiger partial charge < -0.3 is 10.2 Å². The van der Waals surface area contributed by atoms with Crippen molar-refractivity contribution in [1.82, 2.24) is 5.32 Å². The Morgan fingerprint density at radius 2 is 1.95 bits per heavy atom. The van der Waals surface area contributed by atoms with E-state index in [1.807, 2.05) is 13.8 Å². The van der Waals surface area contributed by atoms with E-state index in [4.69, 9.17) is 0 Å². The number of aryl methyl sites for hydroxylation is 1. The van der Waals surface area contributed by atoms with Crippen LogP contribution in [-0.2, 0) is 9.59 Å². The summed E-state index contributed by atoms with van der Waals surface area (Å²) in [6.45, 7) is 5.37. The molecule has 1 aliphatic rings. The highest BCUT2D eigenvalue weighted by atomic mass is 19.1. The van der Waals surface area contributed by atoms with Gasteiger partial charge in [0.05, 0.1) is 0 Å². The summed E-state index contributed by atoms with van der Waals surface area (Å²) in [4.78, 5) is 26.0. The van der Waals surface area contributed by atoms with E-state index in [1.165, 1.54) is 17.0 Å². The molecule has 1 aromatic rings. The summed E-state index contributed by atoms with van der Waals surface area (Å²) in [6.07, 6.45) is 1.06. The van der Waals surface area contributed by atoms with Crippen molar-refractivity contribution in [2.45, 2.75) is 39.2 Å². The van der Waals surface area contributed by atoms with Gasteiger partial charge in [0.15, 0.2) is 0 Å². The number of amides is 2. The van der Waals surface area contributed by atoms with Crippen LogP contribution < -0.4 is 10.2 Å². The SMILES string of the molecule is CCC1(CC)NC(=O)CN(c2ccc(F)c(C)c2)C1=O. The van der Waals surface area contributed by atoms with Gasteiger partial charge >= 0.3 is 0 Å². The van der Waals surface area contributed by atoms with Crippen LogP contribution in [0.4, 0.5) is 10.1 Å². The zero-order chi connectivity index (χ0) is 14.9. The minimum absolute atomic E-state index is 0.0222. The maximum atomic E-state index is 13.3. The molecule has 1 heterocycles. The van der Waals surface area contributed by atoms with Crippen molar-refractivity contribution in [1.29, 1.82) is 0 Å². The maximum Gasteiger partial charge on any atom is 0.253 e. The Balaban J connectivity index is 2.42. The summed E-state index contributed by atoms with van der Waals surface area (Å²) < 4.78 is 13.3. The third-order valence-corrected chi connectivity index (χ3v) is 4.00. The van der Waals surface area contributed by atoms with E-state index >= 15 is 0 Å². The molecule has 0 aromatic heterocycles. The predicted molar refractivity (Wildman–Crippen MR) is 74.9 cm³/mol. The minimum atomic E-state index is -0.850. The van der Waals surface area contributed by atoms with Gasteiger partial charge in [-0.05, 0) is 43.5 Å². The van der Waals surface area contributed by atoms with E-state index < -0.39 is 5.54 Å². The second-order valence-electron chi connectivity index (χ2n) is 5.16. The van der Waals surface area contributed by atoms with E-state index in [2.05, 4.69) is 5.32 Å². The topological polar surface area (TPSA) is 49.4 Å². The number of anilines is 1. The molecule has 1 aromatic carbocycles. The summed E-state index contributed by atoms with van der Waals surface area (Å²) in [5, 5.41) is 2.80. The van der Waals surface area contributed by atoms with Crippen LogP contribution in [-0.4, -0.2) is 23.9 Å². The number of piperazine rings is 1. The molecular weight excluding hydrogens is 259 g/mol. The van der Waals surface area contributed by atoms with Crippen molar-refractivity contribution < 1.29 is 14.0 Å². The van der Waals surface area contributed by atoms with Gasteiger partial charge in [0, 0.05) is 5.69 Å². The lowest BCUT2D eigenvalue weighted by Crippen LogP contribution is -2.66. The monoisotopic (exact) mass is 278 g/mol. The first-order valence-electron chi connectivity index (χ1n) is 6.82. The fourth-order valence-corrected chi connectivity index (χ4v) is 2.57. The number of nitrogens with zero attached hydrogens (tertiary/aromatic N) is 1. The fraction of sp³-hybridized carbons (Fsp3) is 0.467. The Bertz CT molecular complexity index is 553. The second-order valence-corrected chi connectivity index (χ2v) is 5.16. The molecule has 0 radical (unpaired) electrons. The molecule has 0 atom stereocenters. The first-order valence-corrected chi connectivity index (χ1v) is 6.82. The Kier molecular flexibility index (Phi) is 3.79. The molecule has 5 heteroatoms. The van der Waals surface area contributed by atoms with Crippen LogP contribution in [0, 0.1) is 12.7 Å².